The summed E-state index contributed by atoms with van der Waals surface area (Å²) >= 11 is 0. The zero-order valence-electron chi connectivity index (χ0n) is 19.4. The number of carboxylic acids is 1. The highest BCUT2D eigenvalue weighted by Gasteiger charge is 2.23. The molecule has 0 fully saturated rings. The lowest BCUT2D eigenvalue weighted by atomic mass is 9.94. The standard InChI is InChI=1S/C27H29F2NO4/c1-16(2)30-17(3)26(18-4-8-20(28)9-5-18)27(19-6-10-21(29)11-7-19)24(30)13-12-22(31)14-23(32)15-25(33)34/h4-13,16,22-23,31-32H,14-15H2,1-3H3,(H,33,34)/b13-12+. The number of aliphatic hydroxyl groups is 2. The Kier molecular flexibility index (Phi) is 8.02. The van der Waals surface area contributed by atoms with Gasteiger partial charge in [0.25, 0.3) is 0 Å². The molecule has 34 heavy (non-hydrogen) atoms. The fraction of sp³-hybridized carbons (Fsp3) is 0.296. The van der Waals surface area contributed by atoms with E-state index in [9.17, 15) is 23.8 Å². The van der Waals surface area contributed by atoms with Crippen LogP contribution >= 0.6 is 0 Å². The lowest BCUT2D eigenvalue weighted by molar-refractivity contribution is -0.139. The number of aromatic nitrogens is 1. The van der Waals surface area contributed by atoms with Crippen LogP contribution in [0.3, 0.4) is 0 Å². The van der Waals surface area contributed by atoms with E-state index in [2.05, 4.69) is 4.57 Å². The van der Waals surface area contributed by atoms with Crippen LogP contribution in [0.2, 0.25) is 0 Å². The predicted octanol–water partition coefficient (Wildman–Crippen LogP) is 5.59. The van der Waals surface area contributed by atoms with Gasteiger partial charge in [-0.15, -0.1) is 0 Å². The van der Waals surface area contributed by atoms with E-state index in [1.165, 1.54) is 30.3 Å². The zero-order chi connectivity index (χ0) is 25.0. The van der Waals surface area contributed by atoms with Crippen LogP contribution in [0.1, 0.15) is 44.1 Å². The molecule has 0 aliphatic rings. The summed E-state index contributed by atoms with van der Waals surface area (Å²) in [6.07, 6.45) is 0.419. The molecule has 0 saturated carbocycles. The fourth-order valence-electron chi connectivity index (χ4n) is 4.28. The third-order valence-corrected chi connectivity index (χ3v) is 5.67. The topological polar surface area (TPSA) is 82.7 Å². The summed E-state index contributed by atoms with van der Waals surface area (Å²) in [5.41, 5.74) is 4.88. The van der Waals surface area contributed by atoms with Gasteiger partial charge in [-0.1, -0.05) is 30.3 Å². The van der Waals surface area contributed by atoms with Gasteiger partial charge >= 0.3 is 5.97 Å². The second-order valence-electron chi connectivity index (χ2n) is 8.61. The van der Waals surface area contributed by atoms with E-state index in [4.69, 9.17) is 5.11 Å². The molecular formula is C27H29F2NO4. The second-order valence-corrected chi connectivity index (χ2v) is 8.61. The highest BCUT2D eigenvalue weighted by atomic mass is 19.1. The Bertz CT molecular complexity index is 1160. The molecule has 7 heteroatoms. The minimum absolute atomic E-state index is 0.0304. The Hall–Kier alpha value is -3.29. The Labute approximate surface area is 197 Å². The van der Waals surface area contributed by atoms with Gasteiger partial charge in [-0.25, -0.2) is 8.78 Å². The van der Waals surface area contributed by atoms with Crippen molar-refractivity contribution in [1.29, 1.82) is 0 Å². The van der Waals surface area contributed by atoms with Gasteiger partial charge in [-0.2, -0.15) is 0 Å². The molecule has 3 aromatic rings. The molecule has 5 nitrogen and oxygen atoms in total. The first kappa shape index (κ1) is 25.3. The average Bonchev–Trinajstić information content (AvgIpc) is 3.05. The lowest BCUT2D eigenvalue weighted by Gasteiger charge is -2.15. The van der Waals surface area contributed by atoms with Gasteiger partial charge in [0.1, 0.15) is 11.6 Å². The molecule has 3 N–H and O–H groups in total. The van der Waals surface area contributed by atoms with Crippen molar-refractivity contribution in [2.24, 2.45) is 0 Å². The molecule has 2 aromatic carbocycles. The molecule has 0 spiro atoms. The van der Waals surface area contributed by atoms with Crippen molar-refractivity contribution in [2.75, 3.05) is 0 Å². The first-order valence-corrected chi connectivity index (χ1v) is 11.1. The minimum Gasteiger partial charge on any atom is -0.481 e. The SMILES string of the molecule is Cc1c(-c2ccc(F)cc2)c(-c2ccc(F)cc2)c(/C=C/C(O)CC(O)CC(=O)O)n1C(C)C. The zero-order valence-corrected chi connectivity index (χ0v) is 19.4. The number of halogens is 2. The van der Waals surface area contributed by atoms with Crippen LogP contribution in [0.5, 0.6) is 0 Å². The minimum atomic E-state index is -1.18. The summed E-state index contributed by atoms with van der Waals surface area (Å²) in [6.45, 7) is 5.98. The molecule has 2 atom stereocenters. The van der Waals surface area contributed by atoms with Crippen molar-refractivity contribution in [3.8, 4) is 22.3 Å². The predicted molar refractivity (Wildman–Crippen MR) is 128 cm³/mol. The van der Waals surface area contributed by atoms with Gasteiger partial charge in [0, 0.05) is 35.0 Å². The number of rotatable bonds is 9. The van der Waals surface area contributed by atoms with Crippen LogP contribution in [0.15, 0.2) is 54.6 Å². The van der Waals surface area contributed by atoms with Crippen LogP contribution in [0, 0.1) is 18.6 Å². The first-order chi connectivity index (χ1) is 16.1. The molecule has 1 aromatic heterocycles. The number of carboxylic acid groups (broad SMARTS) is 1. The number of hydrogen-bond acceptors (Lipinski definition) is 3. The van der Waals surface area contributed by atoms with Gasteiger partial charge in [0.05, 0.1) is 18.6 Å². The summed E-state index contributed by atoms with van der Waals surface area (Å²) in [5, 5.41) is 29.1. The summed E-state index contributed by atoms with van der Waals surface area (Å²) in [5.74, 6) is -1.86. The molecule has 180 valence electrons. The number of aliphatic hydroxyl groups excluding tert-OH is 2. The van der Waals surface area contributed by atoms with Crippen LogP contribution < -0.4 is 0 Å². The van der Waals surface area contributed by atoms with Gasteiger partial charge < -0.3 is 19.9 Å². The molecule has 0 bridgehead atoms. The van der Waals surface area contributed by atoms with Crippen LogP contribution in [-0.2, 0) is 4.79 Å². The van der Waals surface area contributed by atoms with E-state index in [0.717, 1.165) is 33.6 Å². The average molecular weight is 470 g/mol. The maximum absolute atomic E-state index is 13.7. The Morgan fingerprint density at radius 3 is 1.91 bits per heavy atom. The smallest absolute Gasteiger partial charge is 0.305 e. The van der Waals surface area contributed by atoms with Crippen LogP contribution in [-0.4, -0.2) is 38.1 Å². The highest BCUT2D eigenvalue weighted by Crippen LogP contribution is 2.42. The van der Waals surface area contributed by atoms with E-state index in [0.29, 0.717) is 0 Å². The van der Waals surface area contributed by atoms with Crippen LogP contribution in [0.4, 0.5) is 8.78 Å². The first-order valence-electron chi connectivity index (χ1n) is 11.1. The van der Waals surface area contributed by atoms with Gasteiger partial charge in [0.2, 0.25) is 0 Å². The van der Waals surface area contributed by atoms with E-state index in [-0.39, 0.29) is 24.1 Å². The van der Waals surface area contributed by atoms with E-state index >= 15 is 0 Å². The Balaban J connectivity index is 2.17. The van der Waals surface area contributed by atoms with Crippen molar-refractivity contribution >= 4 is 12.0 Å². The van der Waals surface area contributed by atoms with Crippen molar-refractivity contribution < 1.29 is 28.9 Å². The molecule has 2 unspecified atom stereocenters. The molecule has 1 heterocycles. The van der Waals surface area contributed by atoms with Gasteiger partial charge in [0.15, 0.2) is 0 Å². The number of hydrogen-bond donors (Lipinski definition) is 3. The third-order valence-electron chi connectivity index (χ3n) is 5.67. The van der Waals surface area contributed by atoms with Crippen molar-refractivity contribution in [3.05, 3.63) is 77.6 Å². The van der Waals surface area contributed by atoms with Gasteiger partial charge in [-0.05, 0) is 62.2 Å². The second kappa shape index (κ2) is 10.8. The molecule has 0 aliphatic carbocycles. The molecule has 0 saturated heterocycles. The maximum Gasteiger partial charge on any atom is 0.305 e. The maximum atomic E-state index is 13.7. The number of nitrogens with zero attached hydrogens (tertiary/aromatic N) is 1. The number of carbonyl (C=O) groups is 1. The summed E-state index contributed by atoms with van der Waals surface area (Å²) in [6, 6.07) is 12.3. The van der Waals surface area contributed by atoms with E-state index < -0.39 is 24.6 Å². The summed E-state index contributed by atoms with van der Waals surface area (Å²) in [4.78, 5) is 10.8. The fourth-order valence-corrected chi connectivity index (χ4v) is 4.28. The summed E-state index contributed by atoms with van der Waals surface area (Å²) in [7, 11) is 0. The molecule has 0 aliphatic heterocycles. The lowest BCUT2D eigenvalue weighted by Crippen LogP contribution is -2.19. The van der Waals surface area contributed by atoms with Crippen molar-refractivity contribution in [1.82, 2.24) is 4.57 Å². The van der Waals surface area contributed by atoms with Crippen LogP contribution in [0.25, 0.3) is 28.3 Å². The monoisotopic (exact) mass is 469 g/mol. The Morgan fingerprint density at radius 2 is 1.44 bits per heavy atom. The largest absolute Gasteiger partial charge is 0.481 e. The Morgan fingerprint density at radius 1 is 0.941 bits per heavy atom. The normalized spacial score (nSPS) is 13.5. The van der Waals surface area contributed by atoms with Crippen molar-refractivity contribution in [3.63, 3.8) is 0 Å². The number of aliphatic carboxylic acids is 1. The molecule has 0 amide bonds. The summed E-state index contributed by atoms with van der Waals surface area (Å²) < 4.78 is 29.4. The van der Waals surface area contributed by atoms with E-state index in [1.807, 2.05) is 20.8 Å². The number of benzene rings is 2. The van der Waals surface area contributed by atoms with Gasteiger partial charge in [-0.3, -0.25) is 4.79 Å². The molecule has 0 radical (unpaired) electrons. The highest BCUT2D eigenvalue weighted by molar-refractivity contribution is 5.91. The van der Waals surface area contributed by atoms with E-state index in [1.54, 1.807) is 30.3 Å². The quantitative estimate of drug-likeness (QED) is 0.382. The van der Waals surface area contributed by atoms with Crippen molar-refractivity contribution in [2.45, 2.75) is 51.9 Å². The molecule has 3 rings (SSSR count). The molecular weight excluding hydrogens is 440 g/mol. The third kappa shape index (κ3) is 5.79.